The van der Waals surface area contributed by atoms with E-state index in [1.165, 1.54) is 12.4 Å². The van der Waals surface area contributed by atoms with Gasteiger partial charge in [-0.1, -0.05) is 0 Å². The van der Waals surface area contributed by atoms with Gasteiger partial charge in [0.25, 0.3) is 0 Å². The molecule has 8 heavy (non-hydrogen) atoms. The molecule has 0 amide bonds. The molecule has 44 valence electrons. The zero-order valence-electron chi connectivity index (χ0n) is 3.98. The first kappa shape index (κ1) is 5.53. The molecule has 1 atom stereocenters. The molecule has 4 heteroatoms. The average molecular weight is 130 g/mol. The monoisotopic (exact) mass is 130 g/mol. The van der Waals surface area contributed by atoms with Gasteiger partial charge < -0.3 is 4.55 Å². The van der Waals surface area contributed by atoms with Crippen molar-refractivity contribution in [3.63, 3.8) is 0 Å². The van der Waals surface area contributed by atoms with Crippen molar-refractivity contribution in [2.45, 2.75) is 0 Å². The van der Waals surface area contributed by atoms with Crippen LogP contribution >= 0.6 is 0 Å². The minimum atomic E-state index is -2.13. The van der Waals surface area contributed by atoms with Crippen LogP contribution in [0, 0.1) is 0 Å². The lowest BCUT2D eigenvalue weighted by Gasteiger charge is -2.02. The van der Waals surface area contributed by atoms with Crippen LogP contribution in [0.5, 0.6) is 0 Å². The molecule has 0 fully saturated rings. The summed E-state index contributed by atoms with van der Waals surface area (Å²) >= 11 is -2.13. The summed E-state index contributed by atoms with van der Waals surface area (Å²) in [7, 11) is 0. The van der Waals surface area contributed by atoms with Crippen LogP contribution in [0.4, 0.5) is 0 Å². The zero-order valence-corrected chi connectivity index (χ0v) is 4.80. The summed E-state index contributed by atoms with van der Waals surface area (Å²) in [5.74, 6) is 0. The Morgan fingerprint density at radius 3 is 2.12 bits per heavy atom. The van der Waals surface area contributed by atoms with Gasteiger partial charge in [0, 0.05) is 12.4 Å². The molecule has 1 aromatic rings. The molecule has 0 saturated heterocycles. The molecule has 1 heterocycles. The van der Waals surface area contributed by atoms with Crippen LogP contribution < -0.4 is 0 Å². The number of nitrogens with zero attached hydrogens (tertiary/aromatic N) is 1. The zero-order chi connectivity index (χ0) is 5.98. The van der Waals surface area contributed by atoms with Gasteiger partial charge in [-0.3, -0.25) is 8.18 Å². The Kier molecular flexibility index (Phi) is 1.45. The van der Waals surface area contributed by atoms with Crippen molar-refractivity contribution in [2.24, 2.45) is 0 Å². The highest BCUT2D eigenvalue weighted by atomic mass is 32.2. The van der Waals surface area contributed by atoms with Crippen molar-refractivity contribution in [1.29, 1.82) is 0 Å². The van der Waals surface area contributed by atoms with Crippen molar-refractivity contribution in [2.75, 3.05) is 0 Å². The van der Waals surface area contributed by atoms with Gasteiger partial charge in [-0.2, -0.15) is 0 Å². The van der Waals surface area contributed by atoms with Crippen LogP contribution in [0.25, 0.3) is 0 Å². The molecule has 0 aliphatic heterocycles. The highest BCUT2D eigenvalue weighted by molar-refractivity contribution is 7.77. The second kappa shape index (κ2) is 2.11. The van der Waals surface area contributed by atoms with Crippen LogP contribution in [0.2, 0.25) is 0 Å². The molecule has 0 N–H and O–H groups in total. The first-order valence-corrected chi connectivity index (χ1v) is 3.06. The van der Waals surface area contributed by atoms with E-state index in [1.54, 1.807) is 12.1 Å². The Balaban J connectivity index is 2.93. The van der Waals surface area contributed by atoms with Gasteiger partial charge in [0.15, 0.2) is 0 Å². The molecule has 0 aliphatic carbocycles. The SMILES string of the molecule is O=S([O-])n1cccc1. The summed E-state index contributed by atoms with van der Waals surface area (Å²) in [5.41, 5.74) is 0. The fourth-order valence-electron chi connectivity index (χ4n) is 0.418. The molecule has 0 spiro atoms. The van der Waals surface area contributed by atoms with E-state index in [9.17, 15) is 8.76 Å². The van der Waals surface area contributed by atoms with Crippen molar-refractivity contribution in [3.05, 3.63) is 24.5 Å². The van der Waals surface area contributed by atoms with E-state index in [1.807, 2.05) is 0 Å². The highest BCUT2D eigenvalue weighted by Gasteiger charge is 1.80. The fraction of sp³-hybridized carbons (Fsp3) is 0. The topological polar surface area (TPSA) is 45.1 Å². The van der Waals surface area contributed by atoms with Crippen LogP contribution in [0.15, 0.2) is 24.5 Å². The van der Waals surface area contributed by atoms with Gasteiger partial charge in [-0.15, -0.1) is 0 Å². The molecular weight excluding hydrogens is 126 g/mol. The fourth-order valence-corrected chi connectivity index (χ4v) is 0.757. The second-order valence-corrected chi connectivity index (χ2v) is 2.12. The molecule has 0 saturated carbocycles. The van der Waals surface area contributed by atoms with Crippen molar-refractivity contribution in [3.8, 4) is 0 Å². The molecule has 0 bridgehead atoms. The maximum absolute atomic E-state index is 10.0. The van der Waals surface area contributed by atoms with Crippen LogP contribution in [0.1, 0.15) is 0 Å². The third kappa shape index (κ3) is 0.962. The Hall–Kier alpha value is -0.610. The van der Waals surface area contributed by atoms with Crippen molar-refractivity contribution in [1.82, 2.24) is 3.97 Å². The predicted molar refractivity (Wildman–Crippen MR) is 28.7 cm³/mol. The maximum atomic E-state index is 10.0. The standard InChI is InChI=1S/C4H5NO2S/c6-8(7)5-3-1-2-4-5/h1-4H,(H,6,7)/p-1. The Labute approximate surface area is 49.4 Å². The van der Waals surface area contributed by atoms with Gasteiger partial charge in [0.05, 0.1) is 11.3 Å². The molecule has 0 aliphatic rings. The first-order chi connectivity index (χ1) is 3.80. The average Bonchev–Trinajstić information content (AvgIpc) is 2.12. The van der Waals surface area contributed by atoms with Gasteiger partial charge in [-0.25, -0.2) is 0 Å². The van der Waals surface area contributed by atoms with E-state index in [0.717, 1.165) is 3.97 Å². The third-order valence-electron chi connectivity index (χ3n) is 0.749. The Bertz CT molecular complexity index is 182. The minimum absolute atomic E-state index is 1.08. The summed E-state index contributed by atoms with van der Waals surface area (Å²) in [5, 5.41) is 0. The van der Waals surface area contributed by atoms with Crippen LogP contribution in [-0.2, 0) is 11.3 Å². The first-order valence-electron chi connectivity index (χ1n) is 2.03. The number of hydrogen-bond acceptors (Lipinski definition) is 2. The van der Waals surface area contributed by atoms with E-state index >= 15 is 0 Å². The predicted octanol–water partition coefficient (Wildman–Crippen LogP) is 0.130. The normalized spacial score (nSPS) is 13.6. The maximum Gasteiger partial charge on any atom is 0.0511 e. The molecular formula is C4H4NO2S-. The van der Waals surface area contributed by atoms with E-state index < -0.39 is 11.3 Å². The molecule has 0 radical (unpaired) electrons. The lowest BCUT2D eigenvalue weighted by molar-refractivity contribution is 0.528. The van der Waals surface area contributed by atoms with Gasteiger partial charge in [0.2, 0.25) is 0 Å². The van der Waals surface area contributed by atoms with E-state index in [2.05, 4.69) is 0 Å². The molecule has 1 rings (SSSR count). The summed E-state index contributed by atoms with van der Waals surface area (Å²) in [6, 6.07) is 3.30. The van der Waals surface area contributed by atoms with E-state index in [4.69, 9.17) is 0 Å². The Morgan fingerprint density at radius 2 is 1.88 bits per heavy atom. The molecule has 3 nitrogen and oxygen atoms in total. The number of hydrogen-bond donors (Lipinski definition) is 0. The second-order valence-electron chi connectivity index (χ2n) is 1.26. The largest absolute Gasteiger partial charge is 0.755 e. The Morgan fingerprint density at radius 1 is 1.38 bits per heavy atom. The lowest BCUT2D eigenvalue weighted by atomic mass is 10.7. The lowest BCUT2D eigenvalue weighted by Crippen LogP contribution is -1.97. The van der Waals surface area contributed by atoms with Gasteiger partial charge in [-0.05, 0) is 12.1 Å². The molecule has 1 unspecified atom stereocenters. The summed E-state index contributed by atoms with van der Waals surface area (Å²) in [6.07, 6.45) is 2.92. The third-order valence-corrected chi connectivity index (χ3v) is 1.34. The van der Waals surface area contributed by atoms with Gasteiger partial charge >= 0.3 is 0 Å². The van der Waals surface area contributed by atoms with E-state index in [0.29, 0.717) is 0 Å². The summed E-state index contributed by atoms with van der Waals surface area (Å²) in [4.78, 5) is 0. The highest BCUT2D eigenvalue weighted by Crippen LogP contribution is 1.88. The smallest absolute Gasteiger partial charge is 0.0511 e. The van der Waals surface area contributed by atoms with E-state index in [-0.39, 0.29) is 0 Å². The summed E-state index contributed by atoms with van der Waals surface area (Å²) in [6.45, 7) is 0. The number of aromatic nitrogens is 1. The quantitative estimate of drug-likeness (QED) is 0.507. The van der Waals surface area contributed by atoms with Gasteiger partial charge in [0.1, 0.15) is 0 Å². The van der Waals surface area contributed by atoms with Crippen molar-refractivity contribution < 1.29 is 8.76 Å². The molecule has 1 aromatic heterocycles. The summed E-state index contributed by atoms with van der Waals surface area (Å²) < 4.78 is 21.1. The van der Waals surface area contributed by atoms with Crippen LogP contribution in [-0.4, -0.2) is 12.7 Å². The molecule has 0 aromatic carbocycles. The van der Waals surface area contributed by atoms with Crippen molar-refractivity contribution >= 4 is 11.3 Å². The van der Waals surface area contributed by atoms with Crippen LogP contribution in [0.3, 0.4) is 0 Å². The number of rotatable bonds is 1. The minimum Gasteiger partial charge on any atom is -0.755 e.